The molecular weight excluding hydrogens is 244 g/mol. The van der Waals surface area contributed by atoms with E-state index in [1.165, 1.54) is 0 Å². The molecule has 0 aliphatic heterocycles. The van der Waals surface area contributed by atoms with Crippen LogP contribution < -0.4 is 5.73 Å². The lowest BCUT2D eigenvalue weighted by atomic mass is 9.89. The fourth-order valence-electron chi connectivity index (χ4n) is 1.94. The first-order valence-electron chi connectivity index (χ1n) is 6.12. The van der Waals surface area contributed by atoms with Gasteiger partial charge in [-0.15, -0.1) is 11.3 Å². The fraction of sp³-hybridized carbons (Fsp3) is 0.538. The SMILES string of the molecule is CCc1nc(-c2cn(C)nc2C(C)(C)C)c(N)s1. The van der Waals surface area contributed by atoms with Crippen molar-refractivity contribution in [1.82, 2.24) is 14.8 Å². The summed E-state index contributed by atoms with van der Waals surface area (Å²) in [6.45, 7) is 8.56. The van der Waals surface area contributed by atoms with E-state index in [4.69, 9.17) is 5.73 Å². The van der Waals surface area contributed by atoms with E-state index < -0.39 is 0 Å². The quantitative estimate of drug-likeness (QED) is 0.907. The van der Waals surface area contributed by atoms with Crippen molar-refractivity contribution < 1.29 is 0 Å². The summed E-state index contributed by atoms with van der Waals surface area (Å²) in [6, 6.07) is 0. The predicted molar refractivity (Wildman–Crippen MR) is 76.8 cm³/mol. The molecule has 0 aliphatic rings. The number of nitrogen functional groups attached to an aromatic ring is 1. The minimum absolute atomic E-state index is 0.0149. The molecule has 5 heteroatoms. The summed E-state index contributed by atoms with van der Waals surface area (Å²) in [5, 5.41) is 6.42. The lowest BCUT2D eigenvalue weighted by molar-refractivity contribution is 0.554. The van der Waals surface area contributed by atoms with Crippen LogP contribution in [0.1, 0.15) is 38.4 Å². The van der Waals surface area contributed by atoms with E-state index >= 15 is 0 Å². The largest absolute Gasteiger partial charge is 0.389 e. The molecule has 2 aromatic rings. The van der Waals surface area contributed by atoms with E-state index in [-0.39, 0.29) is 5.41 Å². The molecule has 0 aromatic carbocycles. The van der Waals surface area contributed by atoms with Gasteiger partial charge in [0.1, 0.15) is 10.7 Å². The van der Waals surface area contributed by atoms with Crippen molar-refractivity contribution in [3.63, 3.8) is 0 Å². The molecule has 0 fully saturated rings. The van der Waals surface area contributed by atoms with Gasteiger partial charge in [-0.3, -0.25) is 4.68 Å². The Morgan fingerprint density at radius 2 is 2.06 bits per heavy atom. The van der Waals surface area contributed by atoms with E-state index in [9.17, 15) is 0 Å². The average Bonchev–Trinajstić information content (AvgIpc) is 2.80. The van der Waals surface area contributed by atoms with Crippen LogP contribution in [0.2, 0.25) is 0 Å². The van der Waals surface area contributed by atoms with Crippen LogP contribution in [0.5, 0.6) is 0 Å². The van der Waals surface area contributed by atoms with Crippen LogP contribution in [0.4, 0.5) is 5.00 Å². The molecule has 0 saturated carbocycles. The highest BCUT2D eigenvalue weighted by atomic mass is 32.1. The van der Waals surface area contributed by atoms with Gasteiger partial charge in [0.15, 0.2) is 0 Å². The molecule has 2 N–H and O–H groups in total. The third-order valence-corrected chi connectivity index (χ3v) is 3.82. The van der Waals surface area contributed by atoms with Gasteiger partial charge in [-0.1, -0.05) is 27.7 Å². The smallest absolute Gasteiger partial charge is 0.114 e. The number of aryl methyl sites for hydroxylation is 2. The van der Waals surface area contributed by atoms with Crippen LogP contribution in [0.3, 0.4) is 0 Å². The predicted octanol–water partition coefficient (Wildman–Crippen LogP) is 2.99. The Hall–Kier alpha value is -1.36. The van der Waals surface area contributed by atoms with E-state index in [0.29, 0.717) is 0 Å². The number of hydrogen-bond donors (Lipinski definition) is 1. The zero-order chi connectivity index (χ0) is 13.5. The zero-order valence-electron chi connectivity index (χ0n) is 11.6. The molecule has 98 valence electrons. The van der Waals surface area contributed by atoms with Crippen molar-refractivity contribution in [2.75, 3.05) is 5.73 Å². The molecule has 0 radical (unpaired) electrons. The second kappa shape index (κ2) is 4.39. The number of hydrogen-bond acceptors (Lipinski definition) is 4. The molecule has 2 rings (SSSR count). The van der Waals surface area contributed by atoms with Crippen molar-refractivity contribution in [1.29, 1.82) is 0 Å². The number of rotatable bonds is 2. The van der Waals surface area contributed by atoms with Crippen molar-refractivity contribution in [3.05, 3.63) is 16.9 Å². The molecular formula is C13H20N4S. The second-order valence-electron chi connectivity index (χ2n) is 5.49. The molecule has 2 aromatic heterocycles. The van der Waals surface area contributed by atoms with Gasteiger partial charge < -0.3 is 5.73 Å². The maximum absolute atomic E-state index is 6.09. The number of thiazole rings is 1. The first-order valence-corrected chi connectivity index (χ1v) is 6.94. The second-order valence-corrected chi connectivity index (χ2v) is 6.60. The number of anilines is 1. The third-order valence-electron chi connectivity index (χ3n) is 2.79. The van der Waals surface area contributed by atoms with E-state index in [0.717, 1.165) is 33.4 Å². The van der Waals surface area contributed by atoms with Gasteiger partial charge in [-0.25, -0.2) is 4.98 Å². The van der Waals surface area contributed by atoms with Crippen LogP contribution in [0.25, 0.3) is 11.3 Å². The van der Waals surface area contributed by atoms with E-state index in [1.807, 2.05) is 17.9 Å². The third kappa shape index (κ3) is 2.27. The summed E-state index contributed by atoms with van der Waals surface area (Å²) in [5.41, 5.74) is 9.06. The fourth-order valence-corrected chi connectivity index (χ4v) is 2.73. The first kappa shape index (κ1) is 13.1. The van der Waals surface area contributed by atoms with Crippen LogP contribution in [-0.4, -0.2) is 14.8 Å². The summed E-state index contributed by atoms with van der Waals surface area (Å²) < 4.78 is 1.83. The van der Waals surface area contributed by atoms with Gasteiger partial charge in [0.2, 0.25) is 0 Å². The molecule has 0 saturated heterocycles. The molecule has 0 aliphatic carbocycles. The minimum Gasteiger partial charge on any atom is -0.389 e. The highest BCUT2D eigenvalue weighted by Gasteiger charge is 2.25. The summed E-state index contributed by atoms with van der Waals surface area (Å²) >= 11 is 1.57. The Balaban J connectivity index is 2.60. The molecule has 0 amide bonds. The van der Waals surface area contributed by atoms with Gasteiger partial charge in [-0.05, 0) is 6.42 Å². The molecule has 0 unspecified atom stereocenters. The molecule has 4 nitrogen and oxygen atoms in total. The van der Waals surface area contributed by atoms with Crippen molar-refractivity contribution >= 4 is 16.3 Å². The Labute approximate surface area is 112 Å². The Morgan fingerprint density at radius 1 is 1.39 bits per heavy atom. The standard InChI is InChI=1S/C13H20N4S/c1-6-9-15-10(12(14)18-9)8-7-17(5)16-11(8)13(2,3)4/h7H,6,14H2,1-5H3. The molecule has 0 spiro atoms. The summed E-state index contributed by atoms with van der Waals surface area (Å²) in [6.07, 6.45) is 2.92. The number of nitrogens with zero attached hydrogens (tertiary/aromatic N) is 3. The van der Waals surface area contributed by atoms with Gasteiger partial charge >= 0.3 is 0 Å². The summed E-state index contributed by atoms with van der Waals surface area (Å²) in [5.74, 6) is 0. The lowest BCUT2D eigenvalue weighted by Gasteiger charge is -2.16. The average molecular weight is 264 g/mol. The van der Waals surface area contributed by atoms with Gasteiger partial charge in [0.05, 0.1) is 10.7 Å². The maximum Gasteiger partial charge on any atom is 0.114 e. The molecule has 18 heavy (non-hydrogen) atoms. The number of aromatic nitrogens is 3. The van der Waals surface area contributed by atoms with Crippen LogP contribution in [-0.2, 0) is 18.9 Å². The van der Waals surface area contributed by atoms with Crippen molar-refractivity contribution in [2.45, 2.75) is 39.5 Å². The Bertz CT molecular complexity index is 560. The van der Waals surface area contributed by atoms with Gasteiger partial charge in [-0.2, -0.15) is 5.10 Å². The highest BCUT2D eigenvalue weighted by molar-refractivity contribution is 7.16. The number of nitrogens with two attached hydrogens (primary N) is 1. The Kier molecular flexibility index (Phi) is 3.19. The van der Waals surface area contributed by atoms with Crippen LogP contribution in [0, 0.1) is 0 Å². The maximum atomic E-state index is 6.09. The Morgan fingerprint density at radius 3 is 2.56 bits per heavy atom. The van der Waals surface area contributed by atoms with E-state index in [2.05, 4.69) is 37.8 Å². The van der Waals surface area contributed by atoms with Crippen LogP contribution >= 0.6 is 11.3 Å². The van der Waals surface area contributed by atoms with Crippen molar-refractivity contribution in [2.24, 2.45) is 7.05 Å². The normalized spacial score (nSPS) is 12.1. The lowest BCUT2D eigenvalue weighted by Crippen LogP contribution is -2.14. The topological polar surface area (TPSA) is 56.7 Å². The van der Waals surface area contributed by atoms with Crippen LogP contribution in [0.15, 0.2) is 6.20 Å². The zero-order valence-corrected chi connectivity index (χ0v) is 12.4. The highest BCUT2D eigenvalue weighted by Crippen LogP contribution is 2.36. The van der Waals surface area contributed by atoms with E-state index in [1.54, 1.807) is 11.3 Å². The van der Waals surface area contributed by atoms with Gasteiger partial charge in [0, 0.05) is 24.2 Å². The molecule has 2 heterocycles. The summed E-state index contributed by atoms with van der Waals surface area (Å²) in [4.78, 5) is 4.63. The van der Waals surface area contributed by atoms with Crippen molar-refractivity contribution in [3.8, 4) is 11.3 Å². The molecule has 0 bridgehead atoms. The minimum atomic E-state index is -0.0149. The molecule has 0 atom stereocenters. The summed E-state index contributed by atoms with van der Waals surface area (Å²) in [7, 11) is 1.93. The monoisotopic (exact) mass is 264 g/mol. The first-order chi connectivity index (χ1) is 8.32. The van der Waals surface area contributed by atoms with Gasteiger partial charge in [0.25, 0.3) is 0 Å².